The van der Waals surface area contributed by atoms with Gasteiger partial charge in [0.15, 0.2) is 0 Å². The van der Waals surface area contributed by atoms with Gasteiger partial charge in [-0.3, -0.25) is 0 Å². The average Bonchev–Trinajstić information content (AvgIpc) is 2.89. The lowest BCUT2D eigenvalue weighted by molar-refractivity contribution is 0.325. The first-order valence-corrected chi connectivity index (χ1v) is 8.20. The summed E-state index contributed by atoms with van der Waals surface area (Å²) in [7, 11) is -2.59. The smallest absolute Gasteiger partial charge is 0.358 e. The Morgan fingerprint density at radius 2 is 2.04 bits per heavy atom. The number of halogens is 1. The van der Waals surface area contributed by atoms with E-state index >= 15 is 0 Å². The minimum absolute atomic E-state index is 0.0657. The predicted octanol–water partition coefficient (Wildman–Crippen LogP) is 1.58. The average molecular weight is 355 g/mol. The van der Waals surface area contributed by atoms with Crippen LogP contribution in [0.15, 0.2) is 44.1 Å². The number of aromatic nitrogens is 3. The molecule has 0 atom stereocenters. The van der Waals surface area contributed by atoms with Gasteiger partial charge in [0.05, 0.1) is 17.8 Å². The quantitative estimate of drug-likeness (QED) is 0.708. The highest BCUT2D eigenvalue weighted by molar-refractivity contribution is 7.90. The van der Waals surface area contributed by atoms with Crippen molar-refractivity contribution in [1.82, 2.24) is 14.5 Å². The maximum absolute atomic E-state index is 12.3. The number of hydrogen-bond donors (Lipinski definition) is 0. The SMILES string of the molecule is COc1cc(C)n2o/c(=N\S(=O)(=O)c3ccccc3Cl)nc2n1. The molecule has 3 rings (SSSR count). The summed E-state index contributed by atoms with van der Waals surface area (Å²) < 4.78 is 39.7. The largest absolute Gasteiger partial charge is 0.481 e. The van der Waals surface area contributed by atoms with Crippen LogP contribution in [0.25, 0.3) is 5.78 Å². The topological polar surface area (TPSA) is 99.1 Å². The molecule has 8 nitrogen and oxygen atoms in total. The Morgan fingerprint density at radius 3 is 2.74 bits per heavy atom. The van der Waals surface area contributed by atoms with Crippen molar-refractivity contribution in [2.75, 3.05) is 7.11 Å². The summed E-state index contributed by atoms with van der Waals surface area (Å²) in [6.45, 7) is 1.73. The van der Waals surface area contributed by atoms with Gasteiger partial charge in [0.25, 0.3) is 15.8 Å². The molecule has 1 aromatic carbocycles. The number of nitrogens with zero attached hydrogens (tertiary/aromatic N) is 4. The molecular formula is C13H11ClN4O4S. The van der Waals surface area contributed by atoms with Gasteiger partial charge in [0.2, 0.25) is 5.88 Å². The van der Waals surface area contributed by atoms with Gasteiger partial charge in [-0.1, -0.05) is 23.7 Å². The molecule has 0 aliphatic rings. The number of hydrogen-bond acceptors (Lipinski definition) is 6. The zero-order valence-corrected chi connectivity index (χ0v) is 13.7. The number of ether oxygens (including phenoxy) is 1. The Labute approximate surface area is 136 Å². The summed E-state index contributed by atoms with van der Waals surface area (Å²) in [6, 6.07) is 7.59. The zero-order valence-electron chi connectivity index (χ0n) is 12.1. The van der Waals surface area contributed by atoms with Crippen LogP contribution in [0, 0.1) is 6.92 Å². The van der Waals surface area contributed by atoms with E-state index in [0.29, 0.717) is 11.6 Å². The molecule has 0 amide bonds. The fourth-order valence-electron chi connectivity index (χ4n) is 1.89. The van der Waals surface area contributed by atoms with Gasteiger partial charge in [0.1, 0.15) is 4.90 Å². The van der Waals surface area contributed by atoms with E-state index < -0.39 is 10.0 Å². The molecule has 0 aliphatic carbocycles. The van der Waals surface area contributed by atoms with Crippen molar-refractivity contribution in [3.8, 4) is 5.88 Å². The van der Waals surface area contributed by atoms with Crippen molar-refractivity contribution in [2.45, 2.75) is 11.8 Å². The lowest BCUT2D eigenvalue weighted by Crippen LogP contribution is -2.08. The van der Waals surface area contributed by atoms with Crippen LogP contribution in [0.4, 0.5) is 0 Å². The van der Waals surface area contributed by atoms with Gasteiger partial charge in [-0.15, -0.1) is 8.97 Å². The molecule has 0 saturated carbocycles. The van der Waals surface area contributed by atoms with Crippen LogP contribution >= 0.6 is 11.6 Å². The summed E-state index contributed by atoms with van der Waals surface area (Å²) >= 11 is 5.89. The zero-order chi connectivity index (χ0) is 16.6. The van der Waals surface area contributed by atoms with E-state index in [-0.39, 0.29) is 21.4 Å². The van der Waals surface area contributed by atoms with E-state index in [1.165, 1.54) is 23.8 Å². The van der Waals surface area contributed by atoms with E-state index in [9.17, 15) is 8.42 Å². The van der Waals surface area contributed by atoms with Gasteiger partial charge >= 0.3 is 5.68 Å². The van der Waals surface area contributed by atoms with Gasteiger partial charge in [0, 0.05) is 6.07 Å². The molecule has 2 heterocycles. The summed E-state index contributed by atoms with van der Waals surface area (Å²) in [6.07, 6.45) is 0. The number of aryl methyl sites for hydroxylation is 1. The molecule has 0 saturated heterocycles. The number of methoxy groups -OCH3 is 1. The maximum atomic E-state index is 12.3. The molecule has 23 heavy (non-hydrogen) atoms. The molecule has 0 bridgehead atoms. The maximum Gasteiger partial charge on any atom is 0.358 e. The van der Waals surface area contributed by atoms with Crippen molar-refractivity contribution in [3.05, 3.63) is 46.7 Å². The Hall–Kier alpha value is -2.39. The Morgan fingerprint density at radius 1 is 1.30 bits per heavy atom. The third-order valence-corrected chi connectivity index (χ3v) is 4.69. The summed E-state index contributed by atoms with van der Waals surface area (Å²) in [5.41, 5.74) is 0.268. The van der Waals surface area contributed by atoms with Crippen LogP contribution in [0.1, 0.15) is 5.69 Å². The lowest BCUT2D eigenvalue weighted by atomic mass is 10.4. The summed E-state index contributed by atoms with van der Waals surface area (Å²) in [4.78, 5) is 7.86. The van der Waals surface area contributed by atoms with Crippen LogP contribution < -0.4 is 10.4 Å². The second-order valence-electron chi connectivity index (χ2n) is 4.52. The van der Waals surface area contributed by atoms with Crippen molar-refractivity contribution in [1.29, 1.82) is 0 Å². The van der Waals surface area contributed by atoms with Crippen LogP contribution in [0.2, 0.25) is 5.02 Å². The highest BCUT2D eigenvalue weighted by Crippen LogP contribution is 2.21. The van der Waals surface area contributed by atoms with Crippen molar-refractivity contribution < 1.29 is 17.7 Å². The van der Waals surface area contributed by atoms with Crippen LogP contribution in [-0.4, -0.2) is 30.1 Å². The first-order chi connectivity index (χ1) is 10.9. The molecule has 2 aromatic heterocycles. The molecule has 0 aliphatic heterocycles. The molecule has 10 heteroatoms. The first kappa shape index (κ1) is 15.5. The second-order valence-corrected chi connectivity index (χ2v) is 6.50. The third kappa shape index (κ3) is 2.92. The Balaban J connectivity index is 2.18. The van der Waals surface area contributed by atoms with Crippen LogP contribution in [0.5, 0.6) is 5.88 Å². The van der Waals surface area contributed by atoms with E-state index in [1.807, 2.05) is 0 Å². The van der Waals surface area contributed by atoms with Gasteiger partial charge in [-0.05, 0) is 19.1 Å². The minimum Gasteiger partial charge on any atom is -0.481 e. The molecule has 0 unspecified atom stereocenters. The van der Waals surface area contributed by atoms with Crippen molar-refractivity contribution in [2.24, 2.45) is 4.40 Å². The first-order valence-electron chi connectivity index (χ1n) is 6.38. The van der Waals surface area contributed by atoms with Gasteiger partial charge in [-0.2, -0.15) is 18.4 Å². The minimum atomic E-state index is -4.06. The highest BCUT2D eigenvalue weighted by atomic mass is 35.5. The van der Waals surface area contributed by atoms with Gasteiger partial charge < -0.3 is 9.26 Å². The second kappa shape index (κ2) is 5.67. The number of sulfonamides is 1. The molecule has 0 N–H and O–H groups in total. The predicted molar refractivity (Wildman–Crippen MR) is 80.7 cm³/mol. The Kier molecular flexibility index (Phi) is 3.82. The van der Waals surface area contributed by atoms with E-state index in [4.69, 9.17) is 20.9 Å². The monoisotopic (exact) mass is 354 g/mol. The number of benzene rings is 1. The number of rotatable bonds is 3. The molecule has 3 aromatic rings. The van der Waals surface area contributed by atoms with Crippen molar-refractivity contribution in [3.63, 3.8) is 0 Å². The fourth-order valence-corrected chi connectivity index (χ4v) is 3.26. The van der Waals surface area contributed by atoms with E-state index in [2.05, 4.69) is 14.4 Å². The van der Waals surface area contributed by atoms with Crippen LogP contribution in [0.3, 0.4) is 0 Å². The highest BCUT2D eigenvalue weighted by Gasteiger charge is 2.18. The Bertz CT molecular complexity index is 1060. The third-order valence-electron chi connectivity index (χ3n) is 2.94. The standard InChI is InChI=1S/C13H11ClN4O4S/c1-8-7-11(21-2)15-12-16-13(22-18(8)12)17-23(19,20)10-6-4-3-5-9(10)14/h3-7H,1-2H3/b17-13-. The number of fused-ring (bicyclic) bond motifs is 1. The van der Waals surface area contributed by atoms with Gasteiger partial charge in [-0.25, -0.2) is 0 Å². The van der Waals surface area contributed by atoms with Crippen molar-refractivity contribution >= 4 is 27.4 Å². The molecule has 0 fully saturated rings. The lowest BCUT2D eigenvalue weighted by Gasteiger charge is -2.00. The van der Waals surface area contributed by atoms with E-state index in [0.717, 1.165) is 0 Å². The normalized spacial score (nSPS) is 12.7. The molecular weight excluding hydrogens is 344 g/mol. The molecule has 120 valence electrons. The molecule has 0 radical (unpaired) electrons. The fraction of sp³-hybridized carbons (Fsp3) is 0.154. The van der Waals surface area contributed by atoms with E-state index in [1.54, 1.807) is 25.1 Å². The summed E-state index contributed by atoms with van der Waals surface area (Å²) in [5, 5.41) is 0.0657. The summed E-state index contributed by atoms with van der Waals surface area (Å²) in [5.74, 6) is 0.464. The molecule has 0 spiro atoms. The van der Waals surface area contributed by atoms with Crippen LogP contribution in [-0.2, 0) is 10.0 Å².